The maximum absolute atomic E-state index is 12.4. The van der Waals surface area contributed by atoms with Crippen LogP contribution in [0.4, 0.5) is 0 Å². The first kappa shape index (κ1) is 84.9. The Morgan fingerprint density at radius 2 is 0.360 bits per heavy atom. The first-order chi connectivity index (χ1) is 42.6. The van der Waals surface area contributed by atoms with Gasteiger partial charge in [-0.05, 0) is 12.8 Å². The van der Waals surface area contributed by atoms with Crippen LogP contribution in [-0.4, -0.2) is 36.4 Å². The van der Waals surface area contributed by atoms with E-state index in [2.05, 4.69) is 13.8 Å². The number of ether oxygens (including phenoxy) is 2. The zero-order valence-electron chi connectivity index (χ0n) is 59.4. The Labute approximate surface area is 541 Å². The molecule has 0 amide bonds. The molecule has 0 aromatic heterocycles. The highest BCUT2D eigenvalue weighted by Crippen LogP contribution is 2.21. The second-order valence-corrected chi connectivity index (χ2v) is 28.2. The lowest BCUT2D eigenvalue weighted by molar-refractivity contribution is -0.161. The standard InChI is InChI=1S/C81H160O5/c1-3-5-7-9-11-13-15-17-19-21-23-25-27-29-31-33-35-37-38-39-40-41-42-43-44-46-48-50-52-54-56-58-60-62-64-66-68-70-72-74-76-81(84)86-79(77-82)78-85-80(83)75-73-71-69-67-65-63-61-59-57-55-53-51-49-47-45-36-34-32-30-28-26-24-22-20-18-16-14-12-10-8-6-4-2/h79,82H,3-78H2,1-2H3. The first-order valence-corrected chi connectivity index (χ1v) is 40.6. The van der Waals surface area contributed by atoms with E-state index in [1.54, 1.807) is 0 Å². The molecule has 86 heavy (non-hydrogen) atoms. The number of hydrogen-bond donors (Lipinski definition) is 1. The lowest BCUT2D eigenvalue weighted by Gasteiger charge is -2.15. The van der Waals surface area contributed by atoms with Crippen molar-refractivity contribution in [3.63, 3.8) is 0 Å². The molecule has 0 aromatic carbocycles. The van der Waals surface area contributed by atoms with Gasteiger partial charge in [-0.15, -0.1) is 0 Å². The van der Waals surface area contributed by atoms with E-state index in [-0.39, 0.29) is 25.2 Å². The van der Waals surface area contributed by atoms with Crippen LogP contribution >= 0.6 is 0 Å². The van der Waals surface area contributed by atoms with E-state index < -0.39 is 6.10 Å². The molecule has 0 aliphatic rings. The molecule has 0 fully saturated rings. The molecule has 0 aromatic rings. The fourth-order valence-corrected chi connectivity index (χ4v) is 13.3. The molecule has 0 rings (SSSR count). The summed E-state index contributed by atoms with van der Waals surface area (Å²) in [4.78, 5) is 24.7. The first-order valence-electron chi connectivity index (χ1n) is 40.6. The summed E-state index contributed by atoms with van der Waals surface area (Å²) < 4.78 is 10.8. The van der Waals surface area contributed by atoms with Gasteiger partial charge in [-0.25, -0.2) is 0 Å². The van der Waals surface area contributed by atoms with E-state index in [4.69, 9.17) is 9.47 Å². The quantitative estimate of drug-likeness (QED) is 0.0485. The van der Waals surface area contributed by atoms with Crippen molar-refractivity contribution in [2.45, 2.75) is 495 Å². The Hall–Kier alpha value is -1.10. The minimum absolute atomic E-state index is 0.0551. The third-order valence-electron chi connectivity index (χ3n) is 19.4. The van der Waals surface area contributed by atoms with Crippen LogP contribution in [0.15, 0.2) is 0 Å². The molecule has 0 bridgehead atoms. The summed E-state index contributed by atoms with van der Waals surface area (Å²) in [7, 11) is 0. The average molecular weight is 1210 g/mol. The molecule has 1 atom stereocenters. The van der Waals surface area contributed by atoms with Crippen molar-refractivity contribution in [2.24, 2.45) is 0 Å². The van der Waals surface area contributed by atoms with Crippen LogP contribution in [0.5, 0.6) is 0 Å². The second kappa shape index (κ2) is 78.1. The molecule has 0 saturated carbocycles. The fourth-order valence-electron chi connectivity index (χ4n) is 13.3. The molecule has 1 N–H and O–H groups in total. The van der Waals surface area contributed by atoms with Crippen molar-refractivity contribution < 1.29 is 24.2 Å². The molecular weight excluding hydrogens is 1050 g/mol. The van der Waals surface area contributed by atoms with E-state index in [0.717, 1.165) is 32.1 Å². The molecule has 0 aliphatic carbocycles. The molecule has 0 aliphatic heterocycles. The smallest absolute Gasteiger partial charge is 0.306 e. The van der Waals surface area contributed by atoms with Crippen LogP contribution in [0, 0.1) is 0 Å². The van der Waals surface area contributed by atoms with Crippen LogP contribution in [0.25, 0.3) is 0 Å². The monoisotopic (exact) mass is 1210 g/mol. The highest BCUT2D eigenvalue weighted by atomic mass is 16.6. The molecule has 0 radical (unpaired) electrons. The lowest BCUT2D eigenvalue weighted by atomic mass is 10.0. The maximum Gasteiger partial charge on any atom is 0.306 e. The van der Waals surface area contributed by atoms with E-state index in [0.29, 0.717) is 12.8 Å². The van der Waals surface area contributed by atoms with E-state index in [1.165, 1.54) is 430 Å². The van der Waals surface area contributed by atoms with Crippen LogP contribution in [0.3, 0.4) is 0 Å². The van der Waals surface area contributed by atoms with E-state index in [1.807, 2.05) is 0 Å². The van der Waals surface area contributed by atoms with Crippen molar-refractivity contribution in [3.8, 4) is 0 Å². The summed E-state index contributed by atoms with van der Waals surface area (Å²) in [6.07, 6.45) is 101. The Morgan fingerprint density at radius 3 is 0.512 bits per heavy atom. The fraction of sp³-hybridized carbons (Fsp3) is 0.975. The third kappa shape index (κ3) is 75.4. The number of aliphatic hydroxyl groups is 1. The average Bonchev–Trinajstić information content (AvgIpc) is 3.53. The van der Waals surface area contributed by atoms with Gasteiger partial charge in [0.25, 0.3) is 0 Å². The summed E-state index contributed by atoms with van der Waals surface area (Å²) >= 11 is 0. The number of hydrogen-bond acceptors (Lipinski definition) is 5. The number of carbonyl (C=O) groups excluding carboxylic acids is 2. The lowest BCUT2D eigenvalue weighted by Crippen LogP contribution is -2.28. The zero-order valence-corrected chi connectivity index (χ0v) is 59.4. The van der Waals surface area contributed by atoms with Crippen molar-refractivity contribution in [2.75, 3.05) is 13.2 Å². The van der Waals surface area contributed by atoms with Gasteiger partial charge in [0.1, 0.15) is 6.61 Å². The molecule has 0 saturated heterocycles. The van der Waals surface area contributed by atoms with Crippen LogP contribution in [0.1, 0.15) is 489 Å². The molecular formula is C81H160O5. The van der Waals surface area contributed by atoms with Crippen LogP contribution in [-0.2, 0) is 19.1 Å². The predicted molar refractivity (Wildman–Crippen MR) is 381 cm³/mol. The molecule has 5 nitrogen and oxygen atoms in total. The summed E-state index contributed by atoms with van der Waals surface area (Å²) in [6, 6.07) is 0. The third-order valence-corrected chi connectivity index (χ3v) is 19.4. The van der Waals surface area contributed by atoms with Gasteiger partial charge in [-0.1, -0.05) is 463 Å². The number of unbranched alkanes of at least 4 members (excludes halogenated alkanes) is 70. The van der Waals surface area contributed by atoms with Gasteiger partial charge in [-0.3, -0.25) is 9.59 Å². The van der Waals surface area contributed by atoms with E-state index in [9.17, 15) is 14.7 Å². The largest absolute Gasteiger partial charge is 0.462 e. The van der Waals surface area contributed by atoms with Gasteiger partial charge in [0.15, 0.2) is 6.10 Å². The summed E-state index contributed by atoms with van der Waals surface area (Å²) in [5, 5.41) is 9.73. The van der Waals surface area contributed by atoms with Gasteiger partial charge in [0.05, 0.1) is 6.61 Å². The molecule has 0 spiro atoms. The molecule has 1 unspecified atom stereocenters. The Bertz CT molecular complexity index is 1240. The van der Waals surface area contributed by atoms with E-state index >= 15 is 0 Å². The number of rotatable bonds is 78. The van der Waals surface area contributed by atoms with Crippen LogP contribution in [0.2, 0.25) is 0 Å². The molecule has 0 heterocycles. The number of carbonyl (C=O) groups is 2. The zero-order chi connectivity index (χ0) is 61.9. The Kier molecular flexibility index (Phi) is 77.1. The highest BCUT2D eigenvalue weighted by Gasteiger charge is 2.16. The molecule has 5 heteroatoms. The van der Waals surface area contributed by atoms with Crippen molar-refractivity contribution in [1.29, 1.82) is 0 Å². The van der Waals surface area contributed by atoms with Gasteiger partial charge in [-0.2, -0.15) is 0 Å². The maximum atomic E-state index is 12.4. The van der Waals surface area contributed by atoms with Crippen molar-refractivity contribution >= 4 is 11.9 Å². The number of aliphatic hydroxyl groups excluding tert-OH is 1. The Balaban J connectivity index is 3.32. The Morgan fingerprint density at radius 1 is 0.221 bits per heavy atom. The minimum Gasteiger partial charge on any atom is -0.462 e. The summed E-state index contributed by atoms with van der Waals surface area (Å²) in [6.45, 7) is 4.24. The summed E-state index contributed by atoms with van der Waals surface area (Å²) in [5.74, 6) is -0.555. The highest BCUT2D eigenvalue weighted by molar-refractivity contribution is 5.70. The SMILES string of the molecule is CCCCCCCCCCCCCCCCCCCCCCCCCCCCCCCCCCCCCCCCCCC(=O)OC(CO)COC(=O)CCCCCCCCCCCCCCCCCCCCCCCCCCCCCCCCCC. The van der Waals surface area contributed by atoms with Crippen molar-refractivity contribution in [1.82, 2.24) is 0 Å². The van der Waals surface area contributed by atoms with Gasteiger partial charge < -0.3 is 14.6 Å². The normalized spacial score (nSPS) is 12.0. The predicted octanol–water partition coefficient (Wildman–Crippen LogP) is 28.3. The van der Waals surface area contributed by atoms with Crippen LogP contribution < -0.4 is 0 Å². The van der Waals surface area contributed by atoms with Crippen molar-refractivity contribution in [3.05, 3.63) is 0 Å². The van der Waals surface area contributed by atoms with Gasteiger partial charge in [0, 0.05) is 12.8 Å². The second-order valence-electron chi connectivity index (χ2n) is 28.2. The number of esters is 2. The van der Waals surface area contributed by atoms with Gasteiger partial charge in [0.2, 0.25) is 0 Å². The van der Waals surface area contributed by atoms with Gasteiger partial charge >= 0.3 is 11.9 Å². The molecule has 514 valence electrons. The topological polar surface area (TPSA) is 72.8 Å². The minimum atomic E-state index is -0.766. The summed E-state index contributed by atoms with van der Waals surface area (Å²) in [5.41, 5.74) is 0.